The summed E-state index contributed by atoms with van der Waals surface area (Å²) in [6, 6.07) is 10.7. The molecule has 4 nitrogen and oxygen atoms in total. The lowest BCUT2D eigenvalue weighted by Crippen LogP contribution is -2.40. The Hall–Kier alpha value is -1.65. The van der Waals surface area contributed by atoms with E-state index < -0.39 is 0 Å². The van der Waals surface area contributed by atoms with Crippen LogP contribution in [0, 0.1) is 0 Å². The third-order valence-corrected chi connectivity index (χ3v) is 3.92. The molecule has 0 atom stereocenters. The molecule has 20 heavy (non-hydrogen) atoms. The SMILES string of the molecule is CN(Cc1coc(-c2ccccc2)n1)C1CCNCC1. The first-order valence-corrected chi connectivity index (χ1v) is 7.24. The summed E-state index contributed by atoms with van der Waals surface area (Å²) >= 11 is 0. The topological polar surface area (TPSA) is 41.3 Å². The van der Waals surface area contributed by atoms with Crippen molar-refractivity contribution in [3.8, 4) is 11.5 Å². The fraction of sp³-hybridized carbons (Fsp3) is 0.438. The summed E-state index contributed by atoms with van der Waals surface area (Å²) in [7, 11) is 2.17. The van der Waals surface area contributed by atoms with Gasteiger partial charge < -0.3 is 9.73 Å². The van der Waals surface area contributed by atoms with Crippen molar-refractivity contribution in [3.63, 3.8) is 0 Å². The van der Waals surface area contributed by atoms with E-state index in [9.17, 15) is 0 Å². The molecule has 106 valence electrons. The maximum Gasteiger partial charge on any atom is 0.226 e. The van der Waals surface area contributed by atoms with E-state index in [1.165, 1.54) is 12.8 Å². The van der Waals surface area contributed by atoms with Crippen LogP contribution >= 0.6 is 0 Å². The molecule has 0 radical (unpaired) electrons. The van der Waals surface area contributed by atoms with Crippen molar-refractivity contribution in [2.75, 3.05) is 20.1 Å². The van der Waals surface area contributed by atoms with E-state index >= 15 is 0 Å². The number of benzene rings is 1. The molecule has 2 aromatic rings. The maximum atomic E-state index is 5.59. The van der Waals surface area contributed by atoms with Gasteiger partial charge in [0.15, 0.2) is 0 Å². The highest BCUT2D eigenvalue weighted by Gasteiger charge is 2.19. The normalized spacial score (nSPS) is 16.7. The van der Waals surface area contributed by atoms with E-state index in [2.05, 4.69) is 22.2 Å². The molecule has 0 bridgehead atoms. The number of rotatable bonds is 4. The number of oxazole rings is 1. The molecule has 0 unspecified atom stereocenters. The number of hydrogen-bond donors (Lipinski definition) is 1. The lowest BCUT2D eigenvalue weighted by Gasteiger charge is -2.30. The Balaban J connectivity index is 1.65. The fourth-order valence-corrected chi connectivity index (χ4v) is 2.72. The van der Waals surface area contributed by atoms with Gasteiger partial charge in [-0.25, -0.2) is 4.98 Å². The molecule has 3 rings (SSSR count). The van der Waals surface area contributed by atoms with Crippen LogP contribution in [0.25, 0.3) is 11.5 Å². The summed E-state index contributed by atoms with van der Waals surface area (Å²) in [5, 5.41) is 3.40. The van der Waals surface area contributed by atoms with Gasteiger partial charge in [0.05, 0.1) is 5.69 Å². The van der Waals surface area contributed by atoms with Crippen LogP contribution in [0.4, 0.5) is 0 Å². The molecule has 1 saturated heterocycles. The van der Waals surface area contributed by atoms with Gasteiger partial charge in [-0.2, -0.15) is 0 Å². The summed E-state index contributed by atoms with van der Waals surface area (Å²) < 4.78 is 5.59. The summed E-state index contributed by atoms with van der Waals surface area (Å²) in [5.41, 5.74) is 2.04. The summed E-state index contributed by atoms with van der Waals surface area (Å²) in [4.78, 5) is 6.97. The Morgan fingerprint density at radius 2 is 2.00 bits per heavy atom. The van der Waals surface area contributed by atoms with Crippen molar-refractivity contribution >= 4 is 0 Å². The highest BCUT2D eigenvalue weighted by Crippen LogP contribution is 2.19. The number of nitrogens with one attached hydrogen (secondary N) is 1. The zero-order chi connectivity index (χ0) is 13.8. The Kier molecular flexibility index (Phi) is 4.14. The number of piperidine rings is 1. The zero-order valence-corrected chi connectivity index (χ0v) is 11.9. The second kappa shape index (κ2) is 6.20. The lowest BCUT2D eigenvalue weighted by molar-refractivity contribution is 0.190. The molecule has 4 heteroatoms. The number of nitrogens with zero attached hydrogens (tertiary/aromatic N) is 2. The van der Waals surface area contributed by atoms with Crippen molar-refractivity contribution in [2.24, 2.45) is 0 Å². The summed E-state index contributed by atoms with van der Waals surface area (Å²) in [6.07, 6.45) is 4.19. The molecular formula is C16H21N3O. The first-order valence-electron chi connectivity index (χ1n) is 7.24. The van der Waals surface area contributed by atoms with Gasteiger partial charge in [0.25, 0.3) is 0 Å². The second-order valence-corrected chi connectivity index (χ2v) is 5.41. The van der Waals surface area contributed by atoms with Crippen LogP contribution in [0.1, 0.15) is 18.5 Å². The van der Waals surface area contributed by atoms with Gasteiger partial charge in [0, 0.05) is 18.2 Å². The van der Waals surface area contributed by atoms with Crippen molar-refractivity contribution in [3.05, 3.63) is 42.3 Å². The Bertz CT molecular complexity index is 532. The fourth-order valence-electron chi connectivity index (χ4n) is 2.72. The van der Waals surface area contributed by atoms with Crippen molar-refractivity contribution < 1.29 is 4.42 Å². The molecule has 0 spiro atoms. The van der Waals surface area contributed by atoms with E-state index in [0.29, 0.717) is 11.9 Å². The molecule has 1 N–H and O–H groups in total. The van der Waals surface area contributed by atoms with Crippen LogP contribution in [0.15, 0.2) is 41.0 Å². The highest BCUT2D eigenvalue weighted by atomic mass is 16.3. The summed E-state index contributed by atoms with van der Waals surface area (Å²) in [6.45, 7) is 3.08. The summed E-state index contributed by atoms with van der Waals surface area (Å²) in [5.74, 6) is 0.708. The molecule has 1 aromatic heterocycles. The zero-order valence-electron chi connectivity index (χ0n) is 11.9. The molecule has 0 amide bonds. The minimum absolute atomic E-state index is 0.646. The third-order valence-electron chi connectivity index (χ3n) is 3.92. The van der Waals surface area contributed by atoms with E-state index in [4.69, 9.17) is 4.42 Å². The molecule has 0 saturated carbocycles. The van der Waals surface area contributed by atoms with Gasteiger partial charge in [0.1, 0.15) is 6.26 Å². The van der Waals surface area contributed by atoms with Crippen LogP contribution < -0.4 is 5.32 Å². The van der Waals surface area contributed by atoms with Crippen LogP contribution in [0.5, 0.6) is 0 Å². The van der Waals surface area contributed by atoms with Crippen LogP contribution in [-0.2, 0) is 6.54 Å². The Labute approximate surface area is 119 Å². The molecule has 2 heterocycles. The molecular weight excluding hydrogens is 250 g/mol. The molecule has 1 aromatic carbocycles. The van der Waals surface area contributed by atoms with Gasteiger partial charge in [0.2, 0.25) is 5.89 Å². The molecule has 1 aliphatic rings. The van der Waals surface area contributed by atoms with Crippen LogP contribution in [0.3, 0.4) is 0 Å². The van der Waals surface area contributed by atoms with Crippen LogP contribution in [0.2, 0.25) is 0 Å². The largest absolute Gasteiger partial charge is 0.444 e. The van der Waals surface area contributed by atoms with Crippen molar-refractivity contribution in [2.45, 2.75) is 25.4 Å². The predicted octanol–water partition coefficient (Wildman–Crippen LogP) is 2.53. The molecule has 0 aliphatic carbocycles. The van der Waals surface area contributed by atoms with Gasteiger partial charge in [-0.1, -0.05) is 18.2 Å². The van der Waals surface area contributed by atoms with E-state index in [-0.39, 0.29) is 0 Å². The average molecular weight is 271 g/mol. The second-order valence-electron chi connectivity index (χ2n) is 5.41. The first kappa shape index (κ1) is 13.3. The van der Waals surface area contributed by atoms with E-state index in [0.717, 1.165) is 30.9 Å². The van der Waals surface area contributed by atoms with E-state index in [1.54, 1.807) is 6.26 Å². The lowest BCUT2D eigenvalue weighted by atomic mass is 10.1. The molecule has 1 aliphatic heterocycles. The van der Waals surface area contributed by atoms with Gasteiger partial charge in [-0.3, -0.25) is 4.90 Å². The highest BCUT2D eigenvalue weighted by molar-refractivity contribution is 5.52. The van der Waals surface area contributed by atoms with Crippen molar-refractivity contribution in [1.82, 2.24) is 15.2 Å². The molecule has 1 fully saturated rings. The van der Waals surface area contributed by atoms with Crippen LogP contribution in [-0.4, -0.2) is 36.1 Å². The number of hydrogen-bond acceptors (Lipinski definition) is 4. The van der Waals surface area contributed by atoms with Gasteiger partial charge in [-0.15, -0.1) is 0 Å². The standard InChI is InChI=1S/C16H21N3O/c1-19(15-7-9-17-10-8-15)11-14-12-20-16(18-14)13-5-3-2-4-6-13/h2-6,12,15,17H,7-11H2,1H3. The Morgan fingerprint density at radius 3 is 2.75 bits per heavy atom. The minimum Gasteiger partial charge on any atom is -0.444 e. The van der Waals surface area contributed by atoms with E-state index in [1.807, 2.05) is 30.3 Å². The maximum absolute atomic E-state index is 5.59. The average Bonchev–Trinajstić information content (AvgIpc) is 2.97. The predicted molar refractivity (Wildman–Crippen MR) is 79.3 cm³/mol. The number of aromatic nitrogens is 1. The third kappa shape index (κ3) is 3.08. The Morgan fingerprint density at radius 1 is 1.25 bits per heavy atom. The first-order chi connectivity index (χ1) is 9.83. The van der Waals surface area contributed by atoms with Crippen molar-refractivity contribution in [1.29, 1.82) is 0 Å². The smallest absolute Gasteiger partial charge is 0.226 e. The quantitative estimate of drug-likeness (QED) is 0.928. The van der Waals surface area contributed by atoms with Gasteiger partial charge >= 0.3 is 0 Å². The monoisotopic (exact) mass is 271 g/mol. The minimum atomic E-state index is 0.646. The van der Waals surface area contributed by atoms with Gasteiger partial charge in [-0.05, 0) is 45.1 Å².